The summed E-state index contributed by atoms with van der Waals surface area (Å²) in [7, 11) is 0. The van der Waals surface area contributed by atoms with Crippen molar-refractivity contribution >= 4 is 22.8 Å². The van der Waals surface area contributed by atoms with Crippen LogP contribution in [0, 0.1) is 10.1 Å². The number of nitrogens with zero attached hydrogens (tertiary/aromatic N) is 2. The zero-order valence-electron chi connectivity index (χ0n) is 13.5. The van der Waals surface area contributed by atoms with Gasteiger partial charge in [0.15, 0.2) is 5.58 Å². The predicted octanol–water partition coefficient (Wildman–Crippen LogP) is -1.40. The van der Waals surface area contributed by atoms with Gasteiger partial charge in [0.1, 0.15) is 0 Å². The number of hydrogen-bond acceptors (Lipinski definition) is 6. The molecule has 0 aliphatic heterocycles. The third-order valence-electron chi connectivity index (χ3n) is 3.62. The molecule has 8 nitrogen and oxygen atoms in total. The van der Waals surface area contributed by atoms with Crippen molar-refractivity contribution in [2.75, 3.05) is 0 Å². The third-order valence-corrected chi connectivity index (χ3v) is 3.62. The van der Waals surface area contributed by atoms with E-state index in [0.717, 1.165) is 19.3 Å². The molecule has 0 N–H and O–H groups in total. The fourth-order valence-corrected chi connectivity index (χ4v) is 2.45. The monoisotopic (exact) mass is 344 g/mol. The van der Waals surface area contributed by atoms with E-state index in [4.69, 9.17) is 4.42 Å². The Labute approximate surface area is 159 Å². The molecule has 1 aromatic heterocycles. The molecule has 0 saturated carbocycles. The van der Waals surface area contributed by atoms with Crippen LogP contribution in [-0.2, 0) is 11.3 Å². The van der Waals surface area contributed by atoms with Gasteiger partial charge in [-0.2, -0.15) is 0 Å². The molecule has 0 fully saturated rings. The molecule has 0 radical (unpaired) electrons. The molecule has 2 aromatic rings. The van der Waals surface area contributed by atoms with Crippen molar-refractivity contribution < 1.29 is 48.8 Å². The van der Waals surface area contributed by atoms with Crippen LogP contribution < -0.4 is 40.4 Å². The molecule has 0 aliphatic rings. The number of oxazole rings is 1. The largest absolute Gasteiger partial charge is 1.00 e. The number of hydrogen-bond donors (Lipinski definition) is 0. The number of aromatic nitrogens is 1. The number of carboxylic acids is 1. The molecule has 2 rings (SSSR count). The average molecular weight is 344 g/mol. The molecule has 0 bridgehead atoms. The maximum absolute atomic E-state index is 11.8. The van der Waals surface area contributed by atoms with Crippen LogP contribution in [0.15, 0.2) is 27.4 Å². The number of non-ortho nitro benzene ring substituents is 1. The second kappa shape index (κ2) is 9.61. The van der Waals surface area contributed by atoms with Crippen LogP contribution in [0.4, 0.5) is 5.69 Å². The van der Waals surface area contributed by atoms with E-state index >= 15 is 0 Å². The molecule has 0 unspecified atom stereocenters. The molecule has 1 heterocycles. The quantitative estimate of drug-likeness (QED) is 0.239. The number of rotatable bonds is 9. The summed E-state index contributed by atoms with van der Waals surface area (Å²) in [4.78, 5) is 32.4. The first kappa shape index (κ1) is 20.4. The smallest absolute Gasteiger partial charge is 0.550 e. The van der Waals surface area contributed by atoms with E-state index in [1.807, 2.05) is 0 Å². The molecule has 0 atom stereocenters. The third kappa shape index (κ3) is 5.47. The van der Waals surface area contributed by atoms with Gasteiger partial charge in [-0.1, -0.05) is 19.3 Å². The van der Waals surface area contributed by atoms with Gasteiger partial charge < -0.3 is 14.3 Å². The molecule has 0 saturated heterocycles. The summed E-state index contributed by atoms with van der Waals surface area (Å²) < 4.78 is 6.46. The Bertz CT molecular complexity index is 767. The van der Waals surface area contributed by atoms with Gasteiger partial charge in [-0.15, -0.1) is 0 Å². The zero-order chi connectivity index (χ0) is 16.8. The van der Waals surface area contributed by atoms with Crippen molar-refractivity contribution in [1.29, 1.82) is 0 Å². The predicted molar refractivity (Wildman–Crippen MR) is 79.8 cm³/mol. The van der Waals surface area contributed by atoms with Gasteiger partial charge in [0.25, 0.3) is 5.69 Å². The normalized spacial score (nSPS) is 10.5. The maximum atomic E-state index is 11.8. The van der Waals surface area contributed by atoms with Crippen LogP contribution >= 0.6 is 0 Å². The summed E-state index contributed by atoms with van der Waals surface area (Å²) in [6.45, 7) is 0.410. The number of fused-ring (bicyclic) bond motifs is 1. The number of nitro benzene ring substituents is 1. The Kier molecular flexibility index (Phi) is 8.17. The molecule has 0 spiro atoms. The number of nitro groups is 1. The minimum absolute atomic E-state index is 0. The van der Waals surface area contributed by atoms with Gasteiger partial charge >= 0.3 is 35.3 Å². The van der Waals surface area contributed by atoms with Crippen LogP contribution in [0.5, 0.6) is 0 Å². The van der Waals surface area contributed by atoms with E-state index in [0.29, 0.717) is 30.5 Å². The Morgan fingerprint density at radius 3 is 2.50 bits per heavy atom. The molecular weight excluding hydrogens is 327 g/mol. The van der Waals surface area contributed by atoms with Crippen molar-refractivity contribution in [3.8, 4) is 0 Å². The summed E-state index contributed by atoms with van der Waals surface area (Å²) in [5, 5.41) is 21.1. The van der Waals surface area contributed by atoms with E-state index in [2.05, 4.69) is 0 Å². The molecular formula is C15H17N2NaO6. The molecule has 24 heavy (non-hydrogen) atoms. The summed E-state index contributed by atoms with van der Waals surface area (Å²) in [6.07, 6.45) is 3.85. The van der Waals surface area contributed by atoms with E-state index in [1.54, 1.807) is 0 Å². The van der Waals surface area contributed by atoms with E-state index in [-0.39, 0.29) is 41.7 Å². The van der Waals surface area contributed by atoms with Crippen molar-refractivity contribution in [2.24, 2.45) is 0 Å². The van der Waals surface area contributed by atoms with Crippen LogP contribution in [0.1, 0.15) is 38.5 Å². The molecule has 1 aromatic carbocycles. The number of aryl methyl sites for hydroxylation is 1. The number of carbonyl (C=O) groups excluding carboxylic acids is 1. The van der Waals surface area contributed by atoms with Gasteiger partial charge in [-0.05, 0) is 25.3 Å². The first-order valence-electron chi connectivity index (χ1n) is 7.46. The van der Waals surface area contributed by atoms with Gasteiger partial charge in [-0.3, -0.25) is 14.7 Å². The van der Waals surface area contributed by atoms with Crippen LogP contribution in [-0.4, -0.2) is 15.5 Å². The van der Waals surface area contributed by atoms with Crippen molar-refractivity contribution in [3.63, 3.8) is 0 Å². The Hall–Kier alpha value is -1.64. The minimum Gasteiger partial charge on any atom is -0.550 e. The molecule has 124 valence electrons. The van der Waals surface area contributed by atoms with Crippen molar-refractivity contribution in [3.05, 3.63) is 38.9 Å². The minimum atomic E-state index is -1.04. The van der Waals surface area contributed by atoms with E-state index in [9.17, 15) is 24.8 Å². The summed E-state index contributed by atoms with van der Waals surface area (Å²) in [6, 6.07) is 4.05. The summed E-state index contributed by atoms with van der Waals surface area (Å²) in [5.41, 5.74) is 0.657. The fourth-order valence-electron chi connectivity index (χ4n) is 2.45. The zero-order valence-corrected chi connectivity index (χ0v) is 15.5. The van der Waals surface area contributed by atoms with Gasteiger partial charge in [0, 0.05) is 24.6 Å². The second-order valence-corrected chi connectivity index (χ2v) is 5.32. The van der Waals surface area contributed by atoms with Crippen molar-refractivity contribution in [2.45, 2.75) is 45.1 Å². The standard InChI is InChI=1S/C15H18N2O6.Na/c18-14(19)6-4-2-1-3-5-9-16-12-10-11(17(21)22)7-8-13(12)23-15(16)20;/h7-8,10H,1-6,9H2,(H,18,19);/q;+1/p-1. The van der Waals surface area contributed by atoms with Crippen LogP contribution in [0.2, 0.25) is 0 Å². The Morgan fingerprint density at radius 1 is 1.17 bits per heavy atom. The topological polar surface area (TPSA) is 118 Å². The Balaban J connectivity index is 0.00000288. The van der Waals surface area contributed by atoms with E-state index in [1.165, 1.54) is 22.8 Å². The van der Waals surface area contributed by atoms with Gasteiger partial charge in [0.05, 0.1) is 10.4 Å². The second-order valence-electron chi connectivity index (χ2n) is 5.32. The molecule has 0 amide bonds. The number of aliphatic carboxylic acids is 1. The first-order valence-corrected chi connectivity index (χ1v) is 7.46. The maximum Gasteiger partial charge on any atom is 1.00 e. The average Bonchev–Trinajstić information content (AvgIpc) is 2.81. The fraction of sp³-hybridized carbons (Fsp3) is 0.467. The van der Waals surface area contributed by atoms with Crippen LogP contribution in [0.25, 0.3) is 11.1 Å². The molecule has 9 heteroatoms. The number of benzene rings is 1. The number of unbranched alkanes of at least 4 members (excludes halogenated alkanes) is 4. The number of carbonyl (C=O) groups is 1. The van der Waals surface area contributed by atoms with Gasteiger partial charge in [0.2, 0.25) is 0 Å². The first-order chi connectivity index (χ1) is 11.0. The SMILES string of the molecule is O=C([O-])CCCCCCCn1c(=O)oc2ccc([N+](=O)[O-])cc21.[Na+]. The molecule has 0 aliphatic carbocycles. The summed E-state index contributed by atoms with van der Waals surface area (Å²) >= 11 is 0. The summed E-state index contributed by atoms with van der Waals surface area (Å²) in [5.74, 6) is -1.57. The Morgan fingerprint density at radius 2 is 1.83 bits per heavy atom. The van der Waals surface area contributed by atoms with Crippen LogP contribution in [0.3, 0.4) is 0 Å². The van der Waals surface area contributed by atoms with Crippen molar-refractivity contribution in [1.82, 2.24) is 4.57 Å². The van der Waals surface area contributed by atoms with Gasteiger partial charge in [-0.25, -0.2) is 4.79 Å². The number of carboxylic acid groups (broad SMARTS) is 1. The van der Waals surface area contributed by atoms with E-state index < -0.39 is 16.6 Å².